The Hall–Kier alpha value is -1.18. The molecule has 2 aromatic rings. The predicted molar refractivity (Wildman–Crippen MR) is 97.0 cm³/mol. The first-order valence-electron chi connectivity index (χ1n) is 7.01. The van der Waals surface area contributed by atoms with Crippen LogP contribution >= 0.6 is 43.5 Å². The largest absolute Gasteiger partial charge is 0.353 e. The Morgan fingerprint density at radius 3 is 2.39 bits per heavy atom. The van der Waals surface area contributed by atoms with E-state index in [1.807, 2.05) is 12.1 Å². The molecule has 1 saturated heterocycles. The zero-order chi connectivity index (χ0) is 16.4. The maximum Gasteiger partial charge on any atom is 0.257 e. The van der Waals surface area contributed by atoms with E-state index >= 15 is 0 Å². The van der Waals surface area contributed by atoms with Crippen LogP contribution < -0.4 is 4.90 Å². The predicted octanol–water partition coefficient (Wildman–Crippen LogP) is 3.62. The van der Waals surface area contributed by atoms with Gasteiger partial charge < -0.3 is 9.80 Å². The molecule has 0 aliphatic carbocycles. The molecule has 0 unspecified atom stereocenters. The summed E-state index contributed by atoms with van der Waals surface area (Å²) in [5, 5.41) is 0.232. The molecule has 0 radical (unpaired) electrons. The van der Waals surface area contributed by atoms with Crippen LogP contribution in [0.1, 0.15) is 10.4 Å². The maximum atomic E-state index is 12.6. The van der Waals surface area contributed by atoms with Gasteiger partial charge in [0.1, 0.15) is 11.0 Å². The lowest BCUT2D eigenvalue weighted by Crippen LogP contribution is -2.49. The van der Waals surface area contributed by atoms with Crippen molar-refractivity contribution < 1.29 is 4.79 Å². The topological polar surface area (TPSA) is 49.3 Å². The van der Waals surface area contributed by atoms with E-state index in [1.165, 1.54) is 0 Å². The van der Waals surface area contributed by atoms with Crippen LogP contribution in [0.3, 0.4) is 0 Å². The Morgan fingerprint density at radius 1 is 1.04 bits per heavy atom. The van der Waals surface area contributed by atoms with Crippen molar-refractivity contribution in [1.29, 1.82) is 0 Å². The molecule has 3 heterocycles. The molecule has 0 atom stereocenters. The fourth-order valence-electron chi connectivity index (χ4n) is 2.44. The Balaban J connectivity index is 1.67. The minimum absolute atomic E-state index is 0.0905. The van der Waals surface area contributed by atoms with E-state index in [0.717, 1.165) is 27.9 Å². The molecule has 1 fully saturated rings. The van der Waals surface area contributed by atoms with Crippen molar-refractivity contribution in [2.45, 2.75) is 0 Å². The van der Waals surface area contributed by atoms with E-state index in [0.29, 0.717) is 18.7 Å². The van der Waals surface area contributed by atoms with Crippen molar-refractivity contribution >= 4 is 55.2 Å². The summed E-state index contributed by atoms with van der Waals surface area (Å²) in [6.45, 7) is 2.72. The van der Waals surface area contributed by atoms with Crippen molar-refractivity contribution in [2.75, 3.05) is 31.1 Å². The van der Waals surface area contributed by atoms with Crippen LogP contribution in [0.15, 0.2) is 39.5 Å². The molecule has 120 valence electrons. The van der Waals surface area contributed by atoms with E-state index in [2.05, 4.69) is 46.7 Å². The van der Waals surface area contributed by atoms with Crippen LogP contribution in [0.4, 0.5) is 5.82 Å². The molecule has 0 aromatic carbocycles. The number of piperazine rings is 1. The highest BCUT2D eigenvalue weighted by Gasteiger charge is 2.24. The summed E-state index contributed by atoms with van der Waals surface area (Å²) in [5.74, 6) is 0.828. The number of nitrogens with zero attached hydrogens (tertiary/aromatic N) is 4. The van der Waals surface area contributed by atoms with Crippen molar-refractivity contribution in [3.63, 3.8) is 0 Å². The fourth-order valence-corrected chi connectivity index (χ4v) is 3.19. The number of anilines is 1. The molecule has 5 nitrogen and oxygen atoms in total. The molecule has 3 rings (SSSR count). The van der Waals surface area contributed by atoms with Gasteiger partial charge in [0, 0.05) is 47.5 Å². The van der Waals surface area contributed by atoms with Gasteiger partial charge in [-0.25, -0.2) is 9.97 Å². The number of carbonyl (C=O) groups is 1. The molecule has 0 N–H and O–H groups in total. The number of pyridine rings is 2. The minimum atomic E-state index is -0.0905. The smallest absolute Gasteiger partial charge is 0.257 e. The van der Waals surface area contributed by atoms with E-state index in [-0.39, 0.29) is 11.1 Å². The maximum absolute atomic E-state index is 12.6. The summed E-state index contributed by atoms with van der Waals surface area (Å²) in [5.41, 5.74) is 0.427. The first-order valence-corrected chi connectivity index (χ1v) is 8.98. The first-order chi connectivity index (χ1) is 11.0. The zero-order valence-corrected chi connectivity index (χ0v) is 16.0. The van der Waals surface area contributed by atoms with Gasteiger partial charge in [-0.1, -0.05) is 11.6 Å². The van der Waals surface area contributed by atoms with Gasteiger partial charge in [0.05, 0.1) is 5.56 Å². The first kappa shape index (κ1) is 16.7. The van der Waals surface area contributed by atoms with Crippen LogP contribution in [0.5, 0.6) is 0 Å². The number of hydrogen-bond donors (Lipinski definition) is 0. The van der Waals surface area contributed by atoms with Crippen LogP contribution in [-0.2, 0) is 0 Å². The molecule has 2 aromatic heterocycles. The van der Waals surface area contributed by atoms with Crippen LogP contribution in [0.2, 0.25) is 5.15 Å². The monoisotopic (exact) mass is 458 g/mol. The quantitative estimate of drug-likeness (QED) is 0.643. The van der Waals surface area contributed by atoms with E-state index in [4.69, 9.17) is 11.6 Å². The SMILES string of the molecule is O=C(c1cc(Br)cnc1Cl)N1CCN(c2ccc(Br)cn2)CC1. The number of rotatable bonds is 2. The van der Waals surface area contributed by atoms with Gasteiger partial charge in [0.2, 0.25) is 0 Å². The van der Waals surface area contributed by atoms with Crippen molar-refractivity contribution in [1.82, 2.24) is 14.9 Å². The minimum Gasteiger partial charge on any atom is -0.353 e. The number of carbonyl (C=O) groups excluding carboxylic acids is 1. The van der Waals surface area contributed by atoms with Gasteiger partial charge >= 0.3 is 0 Å². The molecule has 1 aliphatic rings. The summed E-state index contributed by atoms with van der Waals surface area (Å²) in [4.78, 5) is 25.0. The highest BCUT2D eigenvalue weighted by atomic mass is 79.9. The Kier molecular flexibility index (Phi) is 5.18. The highest BCUT2D eigenvalue weighted by molar-refractivity contribution is 9.10. The van der Waals surface area contributed by atoms with Gasteiger partial charge in [-0.3, -0.25) is 4.79 Å². The summed E-state index contributed by atoms with van der Waals surface area (Å²) in [6, 6.07) is 5.64. The molecule has 1 amide bonds. The average molecular weight is 461 g/mol. The van der Waals surface area contributed by atoms with E-state index in [1.54, 1.807) is 23.4 Å². The summed E-state index contributed by atoms with van der Waals surface area (Å²) < 4.78 is 1.69. The number of amides is 1. The zero-order valence-electron chi connectivity index (χ0n) is 12.0. The third-order valence-corrected chi connectivity index (χ3v) is 4.84. The summed E-state index contributed by atoms with van der Waals surface area (Å²) in [6.07, 6.45) is 3.36. The standard InChI is InChI=1S/C15H13Br2ClN4O/c16-10-1-2-13(19-8-10)21-3-5-22(6-4-21)15(23)12-7-11(17)9-20-14(12)18/h1-2,7-9H,3-6H2. The number of halogens is 3. The summed E-state index contributed by atoms with van der Waals surface area (Å²) >= 11 is 12.7. The molecule has 1 aliphatic heterocycles. The summed E-state index contributed by atoms with van der Waals surface area (Å²) in [7, 11) is 0. The third-order valence-electron chi connectivity index (χ3n) is 3.64. The lowest BCUT2D eigenvalue weighted by Gasteiger charge is -2.35. The number of hydrogen-bond acceptors (Lipinski definition) is 4. The molecule has 0 saturated carbocycles. The average Bonchev–Trinajstić information content (AvgIpc) is 2.57. The molecule has 0 spiro atoms. The highest BCUT2D eigenvalue weighted by Crippen LogP contribution is 2.21. The van der Waals surface area contributed by atoms with Crippen molar-refractivity contribution in [2.24, 2.45) is 0 Å². The van der Waals surface area contributed by atoms with Crippen molar-refractivity contribution in [3.8, 4) is 0 Å². The lowest BCUT2D eigenvalue weighted by molar-refractivity contribution is 0.0746. The molecular weight excluding hydrogens is 447 g/mol. The second kappa shape index (κ2) is 7.15. The normalized spacial score (nSPS) is 14.9. The van der Waals surface area contributed by atoms with E-state index < -0.39 is 0 Å². The van der Waals surface area contributed by atoms with Gasteiger partial charge in [-0.15, -0.1) is 0 Å². The number of aromatic nitrogens is 2. The van der Waals surface area contributed by atoms with Crippen LogP contribution in [0.25, 0.3) is 0 Å². The Morgan fingerprint density at radius 2 is 1.74 bits per heavy atom. The molecule has 23 heavy (non-hydrogen) atoms. The van der Waals surface area contributed by atoms with E-state index in [9.17, 15) is 4.79 Å². The van der Waals surface area contributed by atoms with Crippen LogP contribution in [-0.4, -0.2) is 47.0 Å². The fraction of sp³-hybridized carbons (Fsp3) is 0.267. The van der Waals surface area contributed by atoms with Gasteiger partial charge in [0.15, 0.2) is 0 Å². The lowest BCUT2D eigenvalue weighted by atomic mass is 10.2. The van der Waals surface area contributed by atoms with Gasteiger partial charge in [-0.2, -0.15) is 0 Å². The second-order valence-corrected chi connectivity index (χ2v) is 7.30. The molecule has 0 bridgehead atoms. The van der Waals surface area contributed by atoms with Crippen LogP contribution in [0, 0.1) is 0 Å². The second-order valence-electron chi connectivity index (χ2n) is 5.11. The third kappa shape index (κ3) is 3.84. The Labute approximate surface area is 155 Å². The van der Waals surface area contributed by atoms with Crippen molar-refractivity contribution in [3.05, 3.63) is 50.3 Å². The molecular formula is C15H13Br2ClN4O. The molecule has 8 heteroatoms. The van der Waals surface area contributed by atoms with Gasteiger partial charge in [-0.05, 0) is 50.1 Å². The van der Waals surface area contributed by atoms with Gasteiger partial charge in [0.25, 0.3) is 5.91 Å². The Bertz CT molecular complexity index is 718.